The molecule has 0 bridgehead atoms. The minimum Gasteiger partial charge on any atom is -0.375 e. The highest BCUT2D eigenvalue weighted by Gasteiger charge is 2.36. The lowest BCUT2D eigenvalue weighted by atomic mass is 9.97. The minimum absolute atomic E-state index is 0.0727. The zero-order valence-corrected chi connectivity index (χ0v) is 18.6. The smallest absolute Gasteiger partial charge is 0.242 e. The van der Waals surface area contributed by atoms with E-state index in [1.54, 1.807) is 18.8 Å². The molecule has 0 spiro atoms. The Morgan fingerprint density at radius 2 is 1.58 bits per heavy atom. The summed E-state index contributed by atoms with van der Waals surface area (Å²) in [5.74, 6) is 0.644. The molecule has 1 aliphatic heterocycles. The van der Waals surface area contributed by atoms with Crippen LogP contribution >= 0.6 is 11.8 Å². The van der Waals surface area contributed by atoms with E-state index in [4.69, 9.17) is 9.47 Å². The van der Waals surface area contributed by atoms with E-state index in [-0.39, 0.29) is 33.7 Å². The number of amides is 2. The summed E-state index contributed by atoms with van der Waals surface area (Å²) >= 11 is 1.56. The molecule has 1 rings (SSSR count). The second-order valence-electron chi connectivity index (χ2n) is 9.57. The topological polar surface area (TPSA) is 55.8 Å². The molecule has 0 aromatic rings. The summed E-state index contributed by atoms with van der Waals surface area (Å²) in [5.41, 5.74) is -0.314. The Kier molecular flexibility index (Phi) is 8.18. The average molecular weight is 388 g/mol. The molecule has 6 heteroatoms. The molecule has 1 atom stereocenters. The third-order valence-electron chi connectivity index (χ3n) is 4.46. The van der Waals surface area contributed by atoms with E-state index in [0.29, 0.717) is 13.0 Å². The summed E-state index contributed by atoms with van der Waals surface area (Å²) < 4.78 is 12.1. The second kappa shape index (κ2) is 9.07. The van der Waals surface area contributed by atoms with E-state index in [2.05, 4.69) is 48.5 Å². The normalized spacial score (nSPS) is 19.5. The fourth-order valence-corrected chi connectivity index (χ4v) is 3.88. The van der Waals surface area contributed by atoms with E-state index < -0.39 is 0 Å². The number of carbonyl (C=O) groups is 2. The molecule has 26 heavy (non-hydrogen) atoms. The Bertz CT molecular complexity index is 497. The predicted octanol–water partition coefficient (Wildman–Crippen LogP) is 3.89. The van der Waals surface area contributed by atoms with Crippen molar-refractivity contribution >= 4 is 23.6 Å². The summed E-state index contributed by atoms with van der Waals surface area (Å²) in [6.07, 6.45) is 1.99. The number of likely N-dealkylation sites (tertiary alicyclic amines) is 1. The largest absolute Gasteiger partial charge is 0.375 e. The van der Waals surface area contributed by atoms with Crippen molar-refractivity contribution in [2.45, 2.75) is 84.2 Å². The summed E-state index contributed by atoms with van der Waals surface area (Å²) in [7, 11) is 1.56. The SMILES string of the molecule is CN1C(=O)CC(SCCC(C)(C)OCCC(C)(C)OCC(C)(C)C)C1=O. The van der Waals surface area contributed by atoms with Crippen molar-refractivity contribution < 1.29 is 19.1 Å². The highest BCUT2D eigenvalue weighted by atomic mass is 32.2. The molecule has 0 N–H and O–H groups in total. The van der Waals surface area contributed by atoms with Crippen molar-refractivity contribution in [3.63, 3.8) is 0 Å². The summed E-state index contributed by atoms with van der Waals surface area (Å²) in [5, 5.41) is -0.229. The molecule has 1 heterocycles. The Balaban J connectivity index is 2.29. The first-order valence-electron chi connectivity index (χ1n) is 9.42. The van der Waals surface area contributed by atoms with Crippen LogP contribution in [-0.2, 0) is 19.1 Å². The van der Waals surface area contributed by atoms with Gasteiger partial charge in [0.2, 0.25) is 11.8 Å². The van der Waals surface area contributed by atoms with Gasteiger partial charge in [0.15, 0.2) is 0 Å². The number of rotatable bonds is 10. The lowest BCUT2D eigenvalue weighted by Gasteiger charge is -2.32. The monoisotopic (exact) mass is 387 g/mol. The number of ether oxygens (including phenoxy) is 2. The summed E-state index contributed by atoms with van der Waals surface area (Å²) in [6.45, 7) is 16.2. The third kappa shape index (κ3) is 8.40. The van der Waals surface area contributed by atoms with Crippen LogP contribution in [0.5, 0.6) is 0 Å². The van der Waals surface area contributed by atoms with Gasteiger partial charge in [0.05, 0.1) is 29.7 Å². The number of thioether (sulfide) groups is 1. The molecule has 0 aromatic carbocycles. The molecule has 152 valence electrons. The summed E-state index contributed by atoms with van der Waals surface area (Å²) in [6, 6.07) is 0. The molecule has 1 fully saturated rings. The standard InChI is InChI=1S/C20H37NO4S/c1-18(2,3)14-25-19(4,5)9-11-24-20(6,7)10-12-26-15-13-16(22)21(8)17(15)23/h15H,9-14H2,1-8H3. The first-order valence-corrected chi connectivity index (χ1v) is 10.5. The highest BCUT2D eigenvalue weighted by Crippen LogP contribution is 2.28. The predicted molar refractivity (Wildman–Crippen MR) is 107 cm³/mol. The maximum Gasteiger partial charge on any atom is 0.242 e. The summed E-state index contributed by atoms with van der Waals surface area (Å²) in [4.78, 5) is 24.7. The van der Waals surface area contributed by atoms with Gasteiger partial charge in [-0.05, 0) is 51.7 Å². The van der Waals surface area contributed by atoms with Crippen molar-refractivity contribution in [1.29, 1.82) is 0 Å². The van der Waals surface area contributed by atoms with Crippen molar-refractivity contribution in [2.75, 3.05) is 26.0 Å². The van der Waals surface area contributed by atoms with Gasteiger partial charge in [-0.3, -0.25) is 14.5 Å². The highest BCUT2D eigenvalue weighted by molar-refractivity contribution is 8.00. The first kappa shape index (κ1) is 23.4. The van der Waals surface area contributed by atoms with Crippen LogP contribution in [0.1, 0.15) is 67.7 Å². The van der Waals surface area contributed by atoms with E-state index in [9.17, 15) is 9.59 Å². The Hall–Kier alpha value is -0.590. The zero-order valence-electron chi connectivity index (χ0n) is 17.8. The molecule has 2 amide bonds. The van der Waals surface area contributed by atoms with Crippen LogP contribution < -0.4 is 0 Å². The average Bonchev–Trinajstić information content (AvgIpc) is 2.71. The molecule has 0 radical (unpaired) electrons. The molecule has 1 unspecified atom stereocenters. The maximum absolute atomic E-state index is 11.9. The van der Waals surface area contributed by atoms with E-state index in [0.717, 1.165) is 25.2 Å². The molecule has 1 aliphatic rings. The van der Waals surface area contributed by atoms with Gasteiger partial charge in [0.1, 0.15) is 0 Å². The van der Waals surface area contributed by atoms with Crippen LogP contribution in [0.2, 0.25) is 0 Å². The number of carbonyl (C=O) groups excluding carboxylic acids is 2. The Morgan fingerprint density at radius 1 is 1.00 bits per heavy atom. The van der Waals surface area contributed by atoms with Crippen LogP contribution in [0.25, 0.3) is 0 Å². The van der Waals surface area contributed by atoms with Crippen LogP contribution in [0.15, 0.2) is 0 Å². The number of hydrogen-bond acceptors (Lipinski definition) is 5. The van der Waals surface area contributed by atoms with Crippen molar-refractivity contribution in [2.24, 2.45) is 5.41 Å². The quantitative estimate of drug-likeness (QED) is 0.532. The van der Waals surface area contributed by atoms with Gasteiger partial charge in [-0.1, -0.05) is 20.8 Å². The fraction of sp³-hybridized carbons (Fsp3) is 0.900. The van der Waals surface area contributed by atoms with Gasteiger partial charge < -0.3 is 9.47 Å². The fourth-order valence-electron chi connectivity index (χ4n) is 2.43. The van der Waals surface area contributed by atoms with Crippen LogP contribution in [0.4, 0.5) is 0 Å². The van der Waals surface area contributed by atoms with Gasteiger partial charge >= 0.3 is 0 Å². The van der Waals surface area contributed by atoms with Crippen LogP contribution in [-0.4, -0.2) is 59.2 Å². The van der Waals surface area contributed by atoms with Crippen molar-refractivity contribution in [3.05, 3.63) is 0 Å². The molecule has 0 aromatic heterocycles. The zero-order chi connectivity index (χ0) is 20.2. The van der Waals surface area contributed by atoms with Crippen LogP contribution in [0, 0.1) is 5.41 Å². The van der Waals surface area contributed by atoms with Gasteiger partial charge in [-0.15, -0.1) is 11.8 Å². The third-order valence-corrected chi connectivity index (χ3v) is 5.67. The molecular formula is C20H37NO4S. The number of hydrogen-bond donors (Lipinski definition) is 0. The van der Waals surface area contributed by atoms with E-state index in [1.807, 2.05) is 0 Å². The van der Waals surface area contributed by atoms with E-state index in [1.165, 1.54) is 4.90 Å². The number of nitrogens with zero attached hydrogens (tertiary/aromatic N) is 1. The number of imide groups is 1. The molecular weight excluding hydrogens is 350 g/mol. The molecule has 0 aliphatic carbocycles. The molecule has 5 nitrogen and oxygen atoms in total. The second-order valence-corrected chi connectivity index (χ2v) is 10.9. The van der Waals surface area contributed by atoms with Crippen molar-refractivity contribution in [3.8, 4) is 0 Å². The Morgan fingerprint density at radius 3 is 2.08 bits per heavy atom. The first-order chi connectivity index (χ1) is 11.7. The van der Waals surface area contributed by atoms with Crippen molar-refractivity contribution in [1.82, 2.24) is 4.90 Å². The molecule has 1 saturated heterocycles. The van der Waals surface area contributed by atoms with Crippen LogP contribution in [0.3, 0.4) is 0 Å². The lowest BCUT2D eigenvalue weighted by molar-refractivity contribution is -0.136. The maximum atomic E-state index is 11.9. The van der Waals surface area contributed by atoms with Gasteiger partial charge in [-0.2, -0.15) is 0 Å². The Labute approximate surface area is 163 Å². The lowest BCUT2D eigenvalue weighted by Crippen LogP contribution is -2.33. The molecule has 0 saturated carbocycles. The van der Waals surface area contributed by atoms with E-state index >= 15 is 0 Å². The van der Waals surface area contributed by atoms with Gasteiger partial charge in [-0.25, -0.2) is 0 Å². The van der Waals surface area contributed by atoms with Gasteiger partial charge in [0, 0.05) is 13.5 Å². The minimum atomic E-state index is -0.259. The van der Waals surface area contributed by atoms with Gasteiger partial charge in [0.25, 0.3) is 0 Å².